The molecule has 12 heteroatoms. The van der Waals surface area contributed by atoms with Crippen LogP contribution in [0.2, 0.25) is 0 Å². The number of rotatable bonds is 8. The molecule has 0 saturated carbocycles. The Bertz CT molecular complexity index is 500. The first-order valence-corrected chi connectivity index (χ1v) is 6.93. The van der Waals surface area contributed by atoms with Crippen molar-refractivity contribution in [1.29, 1.82) is 0 Å². The number of carbonyl (C=O) groups excluding carboxylic acids is 1. The van der Waals surface area contributed by atoms with Crippen molar-refractivity contribution in [1.82, 2.24) is 9.79 Å². The molecule has 0 aliphatic carbocycles. The summed E-state index contributed by atoms with van der Waals surface area (Å²) in [5.41, 5.74) is 0. The minimum absolute atomic E-state index is 0.180. The van der Waals surface area contributed by atoms with Gasteiger partial charge < -0.3 is 5.32 Å². The molecule has 0 atom stereocenters. The van der Waals surface area contributed by atoms with E-state index in [-0.39, 0.29) is 11.0 Å². The van der Waals surface area contributed by atoms with Crippen molar-refractivity contribution in [2.45, 2.75) is 0 Å². The van der Waals surface area contributed by atoms with Crippen molar-refractivity contribution in [3.8, 4) is 0 Å². The average Bonchev–Trinajstić information content (AvgIpc) is 2.21. The van der Waals surface area contributed by atoms with Gasteiger partial charge in [0, 0.05) is 13.6 Å². The Kier molecular flexibility index (Phi) is 6.34. The van der Waals surface area contributed by atoms with E-state index in [1.54, 1.807) is 0 Å². The summed E-state index contributed by atoms with van der Waals surface area (Å²) in [5, 5.41) is 2.19. The fourth-order valence-electron chi connectivity index (χ4n) is 0.630. The molecule has 0 aromatic heterocycles. The highest BCUT2D eigenvalue weighted by molar-refractivity contribution is 7.85. The molecule has 1 N–H and O–H groups in total. The number of hydrogen-bond acceptors (Lipinski definition) is 7. The maximum absolute atomic E-state index is 12.0. The number of hydrogen-bond donors (Lipinski definition) is 1. The lowest BCUT2D eigenvalue weighted by molar-refractivity contribution is -0.116. The molecule has 0 aromatic carbocycles. The maximum atomic E-state index is 12.0. The van der Waals surface area contributed by atoms with Gasteiger partial charge in [-0.1, -0.05) is 10.5 Å². The summed E-state index contributed by atoms with van der Waals surface area (Å²) in [7, 11) is -9.43. The summed E-state index contributed by atoms with van der Waals surface area (Å²) in [6, 6.07) is 0. The van der Waals surface area contributed by atoms with Crippen LogP contribution in [0.25, 0.3) is 0 Å². The molecule has 0 heterocycles. The van der Waals surface area contributed by atoms with Crippen LogP contribution in [0.15, 0.2) is 12.7 Å². The van der Waals surface area contributed by atoms with Gasteiger partial charge >= 0.3 is 20.8 Å². The van der Waals surface area contributed by atoms with Gasteiger partial charge in [-0.05, 0) is 10.5 Å². The van der Waals surface area contributed by atoms with Crippen LogP contribution >= 0.6 is 0 Å². The summed E-state index contributed by atoms with van der Waals surface area (Å²) in [6.45, 7) is 2.47. The lowest BCUT2D eigenvalue weighted by Gasteiger charge is -2.13. The average molecular weight is 306 g/mol. The highest BCUT2D eigenvalue weighted by Crippen LogP contribution is 2.05. The van der Waals surface area contributed by atoms with Gasteiger partial charge in [0.1, 0.15) is 0 Å². The smallest absolute Gasteiger partial charge is 0.350 e. The van der Waals surface area contributed by atoms with Gasteiger partial charge in [-0.15, -0.1) is 4.28 Å². The van der Waals surface area contributed by atoms with Crippen LogP contribution in [0.3, 0.4) is 0 Å². The number of halogens is 1. The van der Waals surface area contributed by atoms with Crippen molar-refractivity contribution in [3.63, 3.8) is 0 Å². The normalized spacial score (nSPS) is 12.4. The van der Waals surface area contributed by atoms with Gasteiger partial charge in [-0.3, -0.25) is 8.98 Å². The minimum atomic E-state index is -5.47. The molecule has 0 fully saturated rings. The molecule has 106 valence electrons. The second-order valence-electron chi connectivity index (χ2n) is 2.65. The lowest BCUT2D eigenvalue weighted by atomic mass is 10.5. The number of carbonyl (C=O) groups is 1. The van der Waals surface area contributed by atoms with E-state index in [2.05, 4.69) is 20.4 Å². The Morgan fingerprint density at radius 3 is 2.44 bits per heavy atom. The molecule has 9 nitrogen and oxygen atoms in total. The Morgan fingerprint density at radius 1 is 1.44 bits per heavy atom. The molecule has 0 saturated heterocycles. The van der Waals surface area contributed by atoms with Crippen LogP contribution in [0.5, 0.6) is 0 Å². The van der Waals surface area contributed by atoms with Crippen LogP contribution < -0.4 is 5.32 Å². The highest BCUT2D eigenvalue weighted by atomic mass is 32.3. The van der Waals surface area contributed by atoms with E-state index in [9.17, 15) is 25.5 Å². The molecule has 0 aliphatic heterocycles. The predicted octanol–water partition coefficient (Wildman–Crippen LogP) is -1.37. The van der Waals surface area contributed by atoms with Crippen LogP contribution in [0, 0.1) is 0 Å². The van der Waals surface area contributed by atoms with Crippen molar-refractivity contribution in [3.05, 3.63) is 12.7 Å². The van der Waals surface area contributed by atoms with Crippen molar-refractivity contribution in [2.24, 2.45) is 0 Å². The highest BCUT2D eigenvalue weighted by Gasteiger charge is 2.25. The molecule has 0 bridgehead atoms. The summed E-state index contributed by atoms with van der Waals surface area (Å²) in [6.07, 6.45) is 0.958. The molecule has 0 spiro atoms. The quantitative estimate of drug-likeness (QED) is 0.254. The Hall–Kier alpha value is -1.08. The zero-order valence-electron chi connectivity index (χ0n) is 9.20. The van der Waals surface area contributed by atoms with Crippen LogP contribution in [0.4, 0.5) is 3.89 Å². The van der Waals surface area contributed by atoms with Crippen LogP contribution in [0.1, 0.15) is 0 Å². The van der Waals surface area contributed by atoms with Gasteiger partial charge in [-0.2, -0.15) is 16.8 Å². The Morgan fingerprint density at radius 2 is 2.00 bits per heavy atom. The number of nitrogens with zero attached hydrogens (tertiary/aromatic N) is 1. The second-order valence-corrected chi connectivity index (χ2v) is 5.19. The van der Waals surface area contributed by atoms with E-state index < -0.39 is 33.3 Å². The molecular formula is C6H11FN2O7S2. The zero-order chi connectivity index (χ0) is 14.4. The number of nitrogens with one attached hydrogen (secondary N) is 1. The van der Waals surface area contributed by atoms with Gasteiger partial charge in [0.2, 0.25) is 5.91 Å². The van der Waals surface area contributed by atoms with Gasteiger partial charge in [0.15, 0.2) is 0 Å². The molecular weight excluding hydrogens is 295 g/mol. The molecule has 1 amide bonds. The first-order chi connectivity index (χ1) is 8.08. The standard InChI is InChI=1S/C6H11FN2O7S2/c1-3-6(10)8-4-5-15-18(13,14)9(2)16-17(7,11)12/h3H,1,4-5H2,2H3,(H,8,10). The second kappa shape index (κ2) is 6.75. The third-order valence-corrected chi connectivity index (χ3v) is 2.99. The van der Waals surface area contributed by atoms with Crippen molar-refractivity contribution in [2.75, 3.05) is 20.2 Å². The topological polar surface area (TPSA) is 119 Å². The minimum Gasteiger partial charge on any atom is -0.350 e. The molecule has 0 unspecified atom stereocenters. The molecule has 0 rings (SSSR count). The fourth-order valence-corrected chi connectivity index (χ4v) is 1.84. The molecule has 0 aromatic rings. The van der Waals surface area contributed by atoms with E-state index >= 15 is 0 Å². The number of amides is 1. The van der Waals surface area contributed by atoms with Crippen LogP contribution in [-0.2, 0) is 34.1 Å². The van der Waals surface area contributed by atoms with Gasteiger partial charge in [-0.25, -0.2) is 0 Å². The van der Waals surface area contributed by atoms with E-state index in [1.165, 1.54) is 0 Å². The summed E-state index contributed by atoms with van der Waals surface area (Å²) >= 11 is 0. The largest absolute Gasteiger partial charge is 0.455 e. The summed E-state index contributed by atoms with van der Waals surface area (Å²) in [5.74, 6) is -0.549. The SMILES string of the molecule is C=CC(=O)NCCOS(=O)(=O)N(C)OS(=O)(=O)F. The molecule has 0 aliphatic rings. The zero-order valence-corrected chi connectivity index (χ0v) is 10.8. The maximum Gasteiger partial charge on any atom is 0.455 e. The monoisotopic (exact) mass is 306 g/mol. The molecule has 0 radical (unpaired) electrons. The van der Waals surface area contributed by atoms with Crippen molar-refractivity contribution < 1.29 is 34.0 Å². The van der Waals surface area contributed by atoms with E-state index in [1.807, 2.05) is 0 Å². The first kappa shape index (κ1) is 16.9. The van der Waals surface area contributed by atoms with Crippen molar-refractivity contribution >= 4 is 26.7 Å². The predicted molar refractivity (Wildman–Crippen MR) is 57.0 cm³/mol. The molecule has 18 heavy (non-hydrogen) atoms. The van der Waals surface area contributed by atoms with Gasteiger partial charge in [0.25, 0.3) is 0 Å². The summed E-state index contributed by atoms with van der Waals surface area (Å²) < 4.78 is 61.7. The van der Waals surface area contributed by atoms with Crippen LogP contribution in [-0.4, -0.2) is 47.4 Å². The van der Waals surface area contributed by atoms with E-state index in [4.69, 9.17) is 0 Å². The third-order valence-electron chi connectivity index (χ3n) is 1.33. The van der Waals surface area contributed by atoms with E-state index in [0.717, 1.165) is 6.08 Å². The van der Waals surface area contributed by atoms with E-state index in [0.29, 0.717) is 7.05 Å². The number of hydroxylamine groups is 1. The fraction of sp³-hybridized carbons (Fsp3) is 0.500. The lowest BCUT2D eigenvalue weighted by Crippen LogP contribution is -2.33. The van der Waals surface area contributed by atoms with Gasteiger partial charge in [0.05, 0.1) is 6.61 Å². The third kappa shape index (κ3) is 7.29. The Balaban J connectivity index is 4.24. The first-order valence-electron chi connectivity index (χ1n) is 4.26. The summed E-state index contributed by atoms with van der Waals surface area (Å²) in [4.78, 5) is 10.7. The Labute approximate surface area is 104 Å².